The zero-order valence-electron chi connectivity index (χ0n) is 11.3. The maximum absolute atomic E-state index is 12.0. The molecule has 4 nitrogen and oxygen atoms in total. The first-order valence-electron chi connectivity index (χ1n) is 6.26. The summed E-state index contributed by atoms with van der Waals surface area (Å²) >= 11 is 0. The zero-order valence-corrected chi connectivity index (χ0v) is 11.3. The molecule has 18 heavy (non-hydrogen) atoms. The lowest BCUT2D eigenvalue weighted by Crippen LogP contribution is -2.35. The molecule has 0 aliphatic carbocycles. The average molecular weight is 251 g/mol. The van der Waals surface area contributed by atoms with Crippen molar-refractivity contribution in [2.24, 2.45) is 0 Å². The molecule has 0 fully saturated rings. The number of carbonyl (C=O) groups excluding carboxylic acids is 1. The van der Waals surface area contributed by atoms with Crippen LogP contribution in [0.2, 0.25) is 0 Å². The van der Waals surface area contributed by atoms with Crippen molar-refractivity contribution in [3.8, 4) is 0 Å². The SMILES string of the molecule is CCCOCN(C(=O)OC(C)C)c1ccccc1. The molecule has 1 aromatic rings. The molecular formula is C14H21NO3. The van der Waals surface area contributed by atoms with Gasteiger partial charge in [0.1, 0.15) is 6.73 Å². The number of rotatable bonds is 6. The van der Waals surface area contributed by atoms with E-state index in [1.54, 1.807) is 0 Å². The highest BCUT2D eigenvalue weighted by Crippen LogP contribution is 2.15. The van der Waals surface area contributed by atoms with Crippen molar-refractivity contribution in [2.45, 2.75) is 33.3 Å². The van der Waals surface area contributed by atoms with E-state index < -0.39 is 0 Å². The molecule has 1 rings (SSSR count). The van der Waals surface area contributed by atoms with Gasteiger partial charge in [0.2, 0.25) is 0 Å². The van der Waals surface area contributed by atoms with Crippen LogP contribution in [0.15, 0.2) is 30.3 Å². The summed E-state index contributed by atoms with van der Waals surface area (Å²) in [6, 6.07) is 9.38. The minimum atomic E-state index is -0.382. The van der Waals surface area contributed by atoms with E-state index in [0.29, 0.717) is 6.61 Å². The summed E-state index contributed by atoms with van der Waals surface area (Å²) in [5, 5.41) is 0. The Kier molecular flexibility index (Phi) is 6.22. The lowest BCUT2D eigenvalue weighted by molar-refractivity contribution is 0.0975. The van der Waals surface area contributed by atoms with E-state index in [2.05, 4.69) is 0 Å². The first-order valence-corrected chi connectivity index (χ1v) is 6.26. The van der Waals surface area contributed by atoms with Crippen molar-refractivity contribution in [2.75, 3.05) is 18.2 Å². The Labute approximate surface area is 108 Å². The average Bonchev–Trinajstić information content (AvgIpc) is 2.35. The Morgan fingerprint density at radius 1 is 1.28 bits per heavy atom. The number of benzene rings is 1. The number of amides is 1. The second-order valence-electron chi connectivity index (χ2n) is 4.23. The van der Waals surface area contributed by atoms with Crippen LogP contribution in [0.5, 0.6) is 0 Å². The molecule has 100 valence electrons. The molecule has 0 unspecified atom stereocenters. The van der Waals surface area contributed by atoms with Gasteiger partial charge in [0, 0.05) is 12.3 Å². The van der Waals surface area contributed by atoms with Crippen molar-refractivity contribution in [3.63, 3.8) is 0 Å². The summed E-state index contributed by atoms with van der Waals surface area (Å²) in [5.41, 5.74) is 0.777. The molecule has 0 radical (unpaired) electrons. The number of nitrogens with zero attached hydrogens (tertiary/aromatic N) is 1. The fourth-order valence-corrected chi connectivity index (χ4v) is 1.41. The van der Waals surface area contributed by atoms with Gasteiger partial charge in [0.15, 0.2) is 0 Å². The third-order valence-corrected chi connectivity index (χ3v) is 2.19. The van der Waals surface area contributed by atoms with Crippen molar-refractivity contribution in [1.29, 1.82) is 0 Å². The summed E-state index contributed by atoms with van der Waals surface area (Å²) < 4.78 is 10.6. The Bertz CT molecular complexity index is 351. The molecule has 0 spiro atoms. The Balaban J connectivity index is 2.72. The van der Waals surface area contributed by atoms with Crippen LogP contribution in [-0.4, -0.2) is 25.5 Å². The van der Waals surface area contributed by atoms with E-state index in [1.807, 2.05) is 51.1 Å². The molecule has 0 atom stereocenters. The number of ether oxygens (including phenoxy) is 2. The van der Waals surface area contributed by atoms with E-state index in [0.717, 1.165) is 12.1 Å². The molecule has 0 saturated carbocycles. The molecule has 0 bridgehead atoms. The van der Waals surface area contributed by atoms with Crippen LogP contribution in [0, 0.1) is 0 Å². The van der Waals surface area contributed by atoms with Crippen LogP contribution in [-0.2, 0) is 9.47 Å². The molecule has 0 heterocycles. The van der Waals surface area contributed by atoms with Gasteiger partial charge in [-0.25, -0.2) is 4.79 Å². The van der Waals surface area contributed by atoms with Crippen LogP contribution in [0.1, 0.15) is 27.2 Å². The van der Waals surface area contributed by atoms with Gasteiger partial charge in [-0.3, -0.25) is 4.90 Å². The highest BCUT2D eigenvalue weighted by Gasteiger charge is 2.18. The molecule has 0 aromatic heterocycles. The maximum Gasteiger partial charge on any atom is 0.416 e. The minimum absolute atomic E-state index is 0.144. The second kappa shape index (κ2) is 7.71. The molecule has 1 amide bonds. The fourth-order valence-electron chi connectivity index (χ4n) is 1.41. The van der Waals surface area contributed by atoms with Gasteiger partial charge in [-0.15, -0.1) is 0 Å². The number of carbonyl (C=O) groups is 1. The van der Waals surface area contributed by atoms with Crippen LogP contribution >= 0.6 is 0 Å². The highest BCUT2D eigenvalue weighted by molar-refractivity contribution is 5.87. The predicted octanol–water partition coefficient (Wildman–Crippen LogP) is 3.42. The number of hydrogen-bond donors (Lipinski definition) is 0. The summed E-state index contributed by atoms with van der Waals surface area (Å²) in [6.07, 6.45) is 0.393. The van der Waals surface area contributed by atoms with Crippen LogP contribution in [0.25, 0.3) is 0 Å². The van der Waals surface area contributed by atoms with Crippen molar-refractivity contribution in [1.82, 2.24) is 0 Å². The number of hydrogen-bond acceptors (Lipinski definition) is 3. The first-order chi connectivity index (χ1) is 8.65. The molecule has 0 saturated heterocycles. The number of anilines is 1. The molecule has 0 N–H and O–H groups in total. The van der Waals surface area contributed by atoms with Crippen molar-refractivity contribution in [3.05, 3.63) is 30.3 Å². The van der Waals surface area contributed by atoms with Gasteiger partial charge >= 0.3 is 6.09 Å². The first kappa shape index (κ1) is 14.5. The summed E-state index contributed by atoms with van der Waals surface area (Å²) in [5.74, 6) is 0. The fraction of sp³-hybridized carbons (Fsp3) is 0.500. The smallest absolute Gasteiger partial charge is 0.416 e. The molecule has 0 aliphatic heterocycles. The highest BCUT2D eigenvalue weighted by atomic mass is 16.6. The van der Waals surface area contributed by atoms with Gasteiger partial charge < -0.3 is 9.47 Å². The lowest BCUT2D eigenvalue weighted by Gasteiger charge is -2.23. The molecule has 0 aliphatic rings. The van der Waals surface area contributed by atoms with Crippen LogP contribution in [0.4, 0.5) is 10.5 Å². The third kappa shape index (κ3) is 4.75. The van der Waals surface area contributed by atoms with Gasteiger partial charge in [-0.05, 0) is 32.4 Å². The van der Waals surface area contributed by atoms with Gasteiger partial charge in [0.05, 0.1) is 6.10 Å². The quantitative estimate of drug-likeness (QED) is 0.574. The standard InChI is InChI=1S/C14H21NO3/c1-4-10-17-11-15(14(16)18-12(2)3)13-8-6-5-7-9-13/h5-9,12H,4,10-11H2,1-3H3. The topological polar surface area (TPSA) is 38.8 Å². The van der Waals surface area contributed by atoms with E-state index >= 15 is 0 Å². The monoisotopic (exact) mass is 251 g/mol. The largest absolute Gasteiger partial charge is 0.446 e. The summed E-state index contributed by atoms with van der Waals surface area (Å²) in [6.45, 7) is 6.52. The predicted molar refractivity (Wildman–Crippen MR) is 71.6 cm³/mol. The minimum Gasteiger partial charge on any atom is -0.446 e. The summed E-state index contributed by atoms with van der Waals surface area (Å²) in [7, 11) is 0. The Hall–Kier alpha value is -1.55. The third-order valence-electron chi connectivity index (χ3n) is 2.19. The van der Waals surface area contributed by atoms with Crippen molar-refractivity contribution >= 4 is 11.8 Å². The van der Waals surface area contributed by atoms with Gasteiger partial charge in [-0.2, -0.15) is 0 Å². The van der Waals surface area contributed by atoms with Crippen LogP contribution in [0.3, 0.4) is 0 Å². The van der Waals surface area contributed by atoms with E-state index in [4.69, 9.17) is 9.47 Å². The van der Waals surface area contributed by atoms with Crippen molar-refractivity contribution < 1.29 is 14.3 Å². The van der Waals surface area contributed by atoms with E-state index in [-0.39, 0.29) is 18.9 Å². The number of para-hydroxylation sites is 1. The summed E-state index contributed by atoms with van der Waals surface area (Å²) in [4.78, 5) is 13.5. The zero-order chi connectivity index (χ0) is 13.4. The van der Waals surface area contributed by atoms with Gasteiger partial charge in [0.25, 0.3) is 0 Å². The molecule has 1 aromatic carbocycles. The lowest BCUT2D eigenvalue weighted by atomic mass is 10.3. The maximum atomic E-state index is 12.0. The van der Waals surface area contributed by atoms with Gasteiger partial charge in [-0.1, -0.05) is 25.1 Å². The van der Waals surface area contributed by atoms with E-state index in [9.17, 15) is 4.79 Å². The molecular weight excluding hydrogens is 230 g/mol. The van der Waals surface area contributed by atoms with Crippen LogP contribution < -0.4 is 4.90 Å². The molecule has 4 heteroatoms. The Morgan fingerprint density at radius 3 is 2.50 bits per heavy atom. The normalized spacial score (nSPS) is 10.4. The van der Waals surface area contributed by atoms with E-state index in [1.165, 1.54) is 4.90 Å². The Morgan fingerprint density at radius 2 is 1.94 bits per heavy atom. The second-order valence-corrected chi connectivity index (χ2v) is 4.23.